The van der Waals surface area contributed by atoms with Crippen molar-refractivity contribution in [3.8, 4) is 11.5 Å². The molecule has 0 spiro atoms. The number of hydrogen-bond donors (Lipinski definition) is 1. The molecule has 0 bridgehead atoms. The van der Waals surface area contributed by atoms with E-state index >= 15 is 0 Å². The molecule has 3 aromatic heterocycles. The molecule has 27 heavy (non-hydrogen) atoms. The first-order valence-corrected chi connectivity index (χ1v) is 9.23. The van der Waals surface area contributed by atoms with E-state index in [4.69, 9.17) is 21.0 Å². The van der Waals surface area contributed by atoms with E-state index in [-0.39, 0.29) is 6.04 Å². The molecule has 8 heteroatoms. The molecule has 1 unspecified atom stereocenters. The van der Waals surface area contributed by atoms with Crippen molar-refractivity contribution in [3.05, 3.63) is 53.1 Å². The van der Waals surface area contributed by atoms with Crippen molar-refractivity contribution in [2.75, 3.05) is 11.4 Å². The first-order chi connectivity index (χ1) is 13.2. The summed E-state index contributed by atoms with van der Waals surface area (Å²) in [5, 5.41) is 9.08. The molecule has 0 aliphatic carbocycles. The maximum atomic E-state index is 6.09. The van der Waals surface area contributed by atoms with Crippen molar-refractivity contribution in [2.24, 2.45) is 0 Å². The van der Waals surface area contributed by atoms with Gasteiger partial charge in [-0.25, -0.2) is 9.97 Å². The van der Waals surface area contributed by atoms with Crippen molar-refractivity contribution in [2.45, 2.75) is 25.8 Å². The second-order valence-corrected chi connectivity index (χ2v) is 7.12. The van der Waals surface area contributed by atoms with Gasteiger partial charge in [-0.1, -0.05) is 11.6 Å². The highest BCUT2D eigenvalue weighted by molar-refractivity contribution is 6.31. The van der Waals surface area contributed by atoms with Crippen LogP contribution < -0.4 is 4.90 Å². The highest BCUT2D eigenvalue weighted by Crippen LogP contribution is 2.34. The van der Waals surface area contributed by atoms with Gasteiger partial charge in [0, 0.05) is 11.6 Å². The molecule has 0 amide bonds. The van der Waals surface area contributed by atoms with E-state index in [0.717, 1.165) is 42.0 Å². The van der Waals surface area contributed by atoms with E-state index in [9.17, 15) is 0 Å². The van der Waals surface area contributed by atoms with Crippen LogP contribution in [-0.2, 0) is 0 Å². The van der Waals surface area contributed by atoms with Crippen molar-refractivity contribution in [1.29, 1.82) is 0 Å². The maximum absolute atomic E-state index is 6.09. The summed E-state index contributed by atoms with van der Waals surface area (Å²) in [5.74, 6) is 3.01. The lowest BCUT2D eigenvalue weighted by molar-refractivity contribution is 0.545. The molecular formula is C19H17ClN6O. The van der Waals surface area contributed by atoms with Gasteiger partial charge in [-0.3, -0.25) is 0 Å². The molecule has 4 heterocycles. The minimum atomic E-state index is 0.0755. The van der Waals surface area contributed by atoms with Gasteiger partial charge in [0.15, 0.2) is 5.76 Å². The molecule has 1 atom stereocenters. The molecule has 0 radical (unpaired) electrons. The zero-order chi connectivity index (χ0) is 18.4. The lowest BCUT2D eigenvalue weighted by atomic mass is 10.2. The Bertz CT molecular complexity index is 1120. The van der Waals surface area contributed by atoms with Crippen molar-refractivity contribution in [1.82, 2.24) is 25.1 Å². The average Bonchev–Trinajstić information content (AvgIpc) is 3.40. The number of H-pyrrole nitrogens is 1. The highest BCUT2D eigenvalue weighted by Gasteiger charge is 2.31. The molecule has 5 rings (SSSR count). The fraction of sp³-hybridized carbons (Fsp3) is 0.263. The largest absolute Gasteiger partial charge is 0.460 e. The van der Waals surface area contributed by atoms with Gasteiger partial charge in [-0.15, -0.1) is 5.10 Å². The number of halogens is 1. The normalized spacial score (nSPS) is 17.1. The van der Waals surface area contributed by atoms with E-state index in [0.29, 0.717) is 22.4 Å². The van der Waals surface area contributed by atoms with Gasteiger partial charge in [0.1, 0.15) is 17.3 Å². The summed E-state index contributed by atoms with van der Waals surface area (Å²) in [6, 6.07) is 9.55. The van der Waals surface area contributed by atoms with Gasteiger partial charge in [0.2, 0.25) is 5.95 Å². The number of aromatic amines is 1. The van der Waals surface area contributed by atoms with Gasteiger partial charge in [-0.05, 0) is 50.1 Å². The van der Waals surface area contributed by atoms with E-state index in [2.05, 4.69) is 25.1 Å². The van der Waals surface area contributed by atoms with Gasteiger partial charge in [-0.2, -0.15) is 5.10 Å². The third-order valence-electron chi connectivity index (χ3n) is 4.83. The van der Waals surface area contributed by atoms with E-state index in [1.807, 2.05) is 37.3 Å². The van der Waals surface area contributed by atoms with Crippen LogP contribution in [0.15, 0.2) is 40.9 Å². The van der Waals surface area contributed by atoms with E-state index in [1.54, 1.807) is 6.20 Å². The number of benzene rings is 1. The minimum Gasteiger partial charge on any atom is -0.460 e. The third kappa shape index (κ3) is 2.94. The van der Waals surface area contributed by atoms with Crippen LogP contribution in [-0.4, -0.2) is 31.7 Å². The smallest absolute Gasteiger partial charge is 0.246 e. The molecule has 4 aromatic rings. The summed E-state index contributed by atoms with van der Waals surface area (Å²) < 4.78 is 5.67. The van der Waals surface area contributed by atoms with Crippen molar-refractivity contribution in [3.63, 3.8) is 0 Å². The highest BCUT2D eigenvalue weighted by atomic mass is 35.5. The number of nitrogens with one attached hydrogen (secondary N) is 1. The summed E-state index contributed by atoms with van der Waals surface area (Å²) in [4.78, 5) is 15.0. The second-order valence-electron chi connectivity index (χ2n) is 6.69. The molecule has 7 nitrogen and oxygen atoms in total. The molecule has 1 fully saturated rings. The van der Waals surface area contributed by atoms with Crippen LogP contribution in [0.2, 0.25) is 5.02 Å². The fourth-order valence-electron chi connectivity index (χ4n) is 3.56. The SMILES string of the molecule is Cc1ccc(-c2cnnc(N3CCCC3c3nc4ccc(Cl)cc4[nH]3)n2)o1. The minimum absolute atomic E-state index is 0.0755. The molecule has 1 saturated heterocycles. The zero-order valence-electron chi connectivity index (χ0n) is 14.7. The number of aromatic nitrogens is 5. The number of imidazole rings is 1. The summed E-state index contributed by atoms with van der Waals surface area (Å²) in [7, 11) is 0. The molecule has 0 saturated carbocycles. The van der Waals surface area contributed by atoms with Crippen LogP contribution in [0.3, 0.4) is 0 Å². The molecule has 136 valence electrons. The monoisotopic (exact) mass is 380 g/mol. The summed E-state index contributed by atoms with van der Waals surface area (Å²) in [6.45, 7) is 2.76. The molecule has 1 aliphatic rings. The first-order valence-electron chi connectivity index (χ1n) is 8.86. The van der Waals surface area contributed by atoms with Crippen LogP contribution in [0, 0.1) is 6.92 Å². The van der Waals surface area contributed by atoms with Gasteiger partial charge in [0.05, 0.1) is 23.3 Å². The van der Waals surface area contributed by atoms with E-state index < -0.39 is 0 Å². The third-order valence-corrected chi connectivity index (χ3v) is 5.06. The zero-order valence-corrected chi connectivity index (χ0v) is 15.4. The Morgan fingerprint density at radius 2 is 2.15 bits per heavy atom. The molecule has 1 N–H and O–H groups in total. The standard InChI is InChI=1S/C19H17ClN6O/c1-11-4-7-17(27-11)15-10-21-25-19(24-15)26-8-2-3-16(26)18-22-13-6-5-12(20)9-14(13)23-18/h4-7,9-10,16H,2-3,8H2,1H3,(H,22,23). The van der Waals surface area contributed by atoms with Crippen LogP contribution in [0.1, 0.15) is 30.5 Å². The fourth-order valence-corrected chi connectivity index (χ4v) is 3.73. The summed E-state index contributed by atoms with van der Waals surface area (Å²) in [6.07, 6.45) is 3.63. The number of hydrogen-bond acceptors (Lipinski definition) is 6. The summed E-state index contributed by atoms with van der Waals surface area (Å²) in [5.41, 5.74) is 2.51. The Morgan fingerprint density at radius 1 is 1.22 bits per heavy atom. The van der Waals surface area contributed by atoms with Crippen LogP contribution in [0.5, 0.6) is 0 Å². The predicted molar refractivity (Wildman–Crippen MR) is 103 cm³/mol. The number of furan rings is 1. The lowest BCUT2D eigenvalue weighted by Gasteiger charge is -2.22. The van der Waals surface area contributed by atoms with Gasteiger partial charge >= 0.3 is 0 Å². The Kier molecular flexibility index (Phi) is 3.82. The molecular weight excluding hydrogens is 364 g/mol. The topological polar surface area (TPSA) is 83.7 Å². The van der Waals surface area contributed by atoms with Crippen LogP contribution >= 0.6 is 11.6 Å². The summed E-state index contributed by atoms with van der Waals surface area (Å²) >= 11 is 6.09. The Morgan fingerprint density at radius 3 is 3.00 bits per heavy atom. The average molecular weight is 381 g/mol. The second kappa shape index (κ2) is 6.35. The van der Waals surface area contributed by atoms with Crippen molar-refractivity contribution < 1.29 is 4.42 Å². The van der Waals surface area contributed by atoms with Gasteiger partial charge in [0.25, 0.3) is 0 Å². The number of anilines is 1. The predicted octanol–water partition coefficient (Wildman–Crippen LogP) is 4.31. The van der Waals surface area contributed by atoms with Crippen molar-refractivity contribution >= 4 is 28.6 Å². The molecule has 1 aromatic carbocycles. The van der Waals surface area contributed by atoms with Crippen LogP contribution in [0.4, 0.5) is 5.95 Å². The number of rotatable bonds is 3. The number of nitrogens with zero attached hydrogens (tertiary/aromatic N) is 5. The number of aryl methyl sites for hydroxylation is 1. The lowest BCUT2D eigenvalue weighted by Crippen LogP contribution is -2.25. The molecule has 1 aliphatic heterocycles. The Hall–Kier alpha value is -2.93. The van der Waals surface area contributed by atoms with Crippen LogP contribution in [0.25, 0.3) is 22.5 Å². The first kappa shape index (κ1) is 16.3. The van der Waals surface area contributed by atoms with E-state index in [1.165, 1.54) is 0 Å². The maximum Gasteiger partial charge on any atom is 0.246 e. The van der Waals surface area contributed by atoms with Gasteiger partial charge < -0.3 is 14.3 Å². The Labute approximate surface area is 160 Å². The number of fused-ring (bicyclic) bond motifs is 1. The quantitative estimate of drug-likeness (QED) is 0.570. The Balaban J connectivity index is 1.50.